The monoisotopic (exact) mass is 1440 g/mol. The van der Waals surface area contributed by atoms with Crippen molar-refractivity contribution in [2.24, 2.45) is 4.99 Å². The van der Waals surface area contributed by atoms with E-state index in [1.165, 1.54) is 22.3 Å². The third kappa shape index (κ3) is 11.2. The molecule has 4 heterocycles. The molecule has 0 radical (unpaired) electrons. The largest absolute Gasteiger partial charge is 0.309 e. The second-order valence-corrected chi connectivity index (χ2v) is 30.5. The predicted molar refractivity (Wildman–Crippen MR) is 460 cm³/mol. The summed E-state index contributed by atoms with van der Waals surface area (Å²) < 4.78 is 6.49. The van der Waals surface area contributed by atoms with Gasteiger partial charge in [0.15, 0.2) is 5.78 Å². The summed E-state index contributed by atoms with van der Waals surface area (Å²) in [5.74, 6) is 0.722. The van der Waals surface area contributed by atoms with Crippen LogP contribution < -0.4 is 5.56 Å². The molecule has 3 aliphatic rings. The molecule has 18 aromatic rings. The van der Waals surface area contributed by atoms with E-state index in [9.17, 15) is 0 Å². The minimum absolute atomic E-state index is 0.0796. The zero-order valence-corrected chi connectivity index (χ0v) is 62.0. The van der Waals surface area contributed by atoms with Crippen LogP contribution in [0.15, 0.2) is 350 Å². The van der Waals surface area contributed by atoms with Gasteiger partial charge < -0.3 is 4.57 Å². The quantitative estimate of drug-likeness (QED) is 0.0954. The Morgan fingerprint density at radius 3 is 1.70 bits per heavy atom. The van der Waals surface area contributed by atoms with E-state index in [-0.39, 0.29) is 23.2 Å². The van der Waals surface area contributed by atoms with E-state index in [0.29, 0.717) is 17.9 Å². The van der Waals surface area contributed by atoms with E-state index in [1.54, 1.807) is 0 Å². The van der Waals surface area contributed by atoms with Crippen LogP contribution in [0.4, 0.5) is 5.69 Å². The van der Waals surface area contributed by atoms with Crippen molar-refractivity contribution in [3.05, 3.63) is 411 Å². The molecule has 3 atom stereocenters. The highest BCUT2D eigenvalue weighted by Gasteiger charge is 2.39. The van der Waals surface area contributed by atoms with Crippen molar-refractivity contribution in [1.29, 1.82) is 0 Å². The number of nitrogens with zero attached hydrogens (tertiary/aromatic N) is 6. The number of rotatable bonds is 11. The van der Waals surface area contributed by atoms with Gasteiger partial charge in [0, 0.05) is 61.0 Å². The minimum Gasteiger partial charge on any atom is -0.309 e. The predicted octanol–water partition coefficient (Wildman–Crippen LogP) is 24.2. The lowest BCUT2D eigenvalue weighted by Gasteiger charge is -2.24. The van der Waals surface area contributed by atoms with Gasteiger partial charge in [-0.1, -0.05) is 279 Å². The third-order valence-corrected chi connectivity index (χ3v) is 24.3. The highest BCUT2D eigenvalue weighted by Crippen LogP contribution is 2.53. The van der Waals surface area contributed by atoms with E-state index in [1.807, 2.05) is 28.8 Å². The summed E-state index contributed by atoms with van der Waals surface area (Å²) in [4.78, 5) is 49.5. The van der Waals surface area contributed by atoms with Gasteiger partial charge in [0.05, 0.1) is 56.0 Å². The van der Waals surface area contributed by atoms with Gasteiger partial charge in [-0.15, -0.1) is 0 Å². The smallest absolute Gasteiger partial charge is 0.266 e. The van der Waals surface area contributed by atoms with Crippen LogP contribution in [0.2, 0.25) is 0 Å². The third-order valence-electron chi connectivity index (χ3n) is 24.3. The van der Waals surface area contributed by atoms with Crippen LogP contribution in [0, 0.1) is 0 Å². The van der Waals surface area contributed by atoms with E-state index in [2.05, 4.69) is 332 Å². The molecular weight excluding hydrogens is 1370 g/mol. The lowest BCUT2D eigenvalue weighted by molar-refractivity contribution is -0.115. The van der Waals surface area contributed by atoms with Crippen molar-refractivity contribution in [2.75, 3.05) is 0 Å². The Morgan fingerprint density at radius 1 is 0.402 bits per heavy atom. The number of para-hydroxylation sites is 5. The normalized spacial score (nSPS) is 15.6. The first-order valence-corrected chi connectivity index (χ1v) is 39.3. The van der Waals surface area contributed by atoms with Crippen molar-refractivity contribution in [1.82, 2.24) is 23.7 Å². The maximum Gasteiger partial charge on any atom is 0.266 e. The van der Waals surface area contributed by atoms with Crippen LogP contribution in [-0.4, -0.2) is 35.3 Å². The molecule has 0 N–H and O–H groups in total. The van der Waals surface area contributed by atoms with Crippen LogP contribution >= 0.6 is 0 Å². The topological polar surface area (TPSA) is 87.1 Å². The average Bonchev–Trinajstić information content (AvgIpc) is 1.47. The molecule has 0 fully saturated rings. The van der Waals surface area contributed by atoms with Gasteiger partial charge in [0.25, 0.3) is 5.56 Å². The average molecular weight is 1440 g/mol. The second-order valence-electron chi connectivity index (χ2n) is 30.5. The van der Waals surface area contributed by atoms with Crippen LogP contribution in [0.1, 0.15) is 98.7 Å². The molecule has 21 rings (SSSR count). The SMILES string of the molecule is CC(=Nc1ccccc1CCc1ccccc1)n1c2ccccc2c2cc3c(cc21)CC(c1ccccc1)C(=O)C1=C3C(c2ccc(-c3ccc(-c4nc(-n5c(=O)c6c(c7cc8c9ccccc9n(-c9ccccc9)c8cc75)C(c5ccccc5)CCc5ccccc5-6)nc5ccccc45)cc3)cc2)CCc2ccccc21. The number of aryl methyl sites for hydroxylation is 4. The number of Topliss-reactive ketones (excluding diaryl/α,β-unsaturated/α-hetero) is 1. The molecule has 112 heavy (non-hydrogen) atoms. The van der Waals surface area contributed by atoms with Crippen LogP contribution in [0.3, 0.4) is 0 Å². The van der Waals surface area contributed by atoms with Gasteiger partial charge in [-0.2, -0.15) is 0 Å². The molecule has 534 valence electrons. The second kappa shape index (κ2) is 27.5. The number of fused-ring (bicyclic) bond motifs is 16. The Hall–Kier alpha value is -13.7. The van der Waals surface area contributed by atoms with Crippen molar-refractivity contribution >= 4 is 93.9 Å². The Kier molecular flexibility index (Phi) is 16.3. The van der Waals surface area contributed by atoms with Gasteiger partial charge in [-0.05, 0) is 196 Å². The first-order chi connectivity index (χ1) is 55.3. The summed E-state index contributed by atoms with van der Waals surface area (Å²) in [7, 11) is 0. The summed E-state index contributed by atoms with van der Waals surface area (Å²) in [6.07, 6.45) is 5.59. The molecule has 3 unspecified atom stereocenters. The zero-order chi connectivity index (χ0) is 74.5. The van der Waals surface area contributed by atoms with E-state index >= 15 is 9.59 Å². The lowest BCUT2D eigenvalue weighted by atomic mass is 9.79. The van der Waals surface area contributed by atoms with Gasteiger partial charge in [-0.25, -0.2) is 19.5 Å². The molecule has 0 saturated heterocycles. The van der Waals surface area contributed by atoms with Crippen molar-refractivity contribution in [3.63, 3.8) is 0 Å². The number of pyridine rings is 1. The highest BCUT2D eigenvalue weighted by atomic mass is 16.1. The van der Waals surface area contributed by atoms with Gasteiger partial charge >= 0.3 is 0 Å². The summed E-state index contributed by atoms with van der Waals surface area (Å²) in [5, 5.41) is 6.38. The summed E-state index contributed by atoms with van der Waals surface area (Å²) >= 11 is 0. The van der Waals surface area contributed by atoms with Crippen LogP contribution in [0.25, 0.3) is 122 Å². The zero-order valence-electron chi connectivity index (χ0n) is 62.0. The summed E-state index contributed by atoms with van der Waals surface area (Å²) in [5.41, 5.74) is 27.4. The molecule has 8 nitrogen and oxygen atoms in total. The fraction of sp³-hybridized carbons (Fsp3) is 0.106. The first kappa shape index (κ1) is 66.5. The van der Waals surface area contributed by atoms with Crippen molar-refractivity contribution in [2.45, 2.75) is 69.6 Å². The number of hydrogen-bond acceptors (Lipinski definition) is 5. The maximum atomic E-state index is 16.6. The number of carbonyl (C=O) groups is 1. The van der Waals surface area contributed by atoms with Crippen LogP contribution in [-0.2, 0) is 36.9 Å². The number of carbonyl (C=O) groups excluding carboxylic acids is 1. The molecule has 3 aliphatic carbocycles. The lowest BCUT2D eigenvalue weighted by Crippen LogP contribution is -2.25. The molecule has 0 saturated carbocycles. The minimum atomic E-state index is -0.424. The molecule has 8 heteroatoms. The molecule has 0 aliphatic heterocycles. The standard InChI is InChI=1S/C104H76N6O2/c1-65(105-90-42-22-16-34-74(90)47-46-66-26-6-2-7-27-66)108-92-44-24-20-39-82(92)87-62-85-76(61-94(87)108)60-86(70-30-10-4-11-31-70)102(111)99-78-37-17-14-32-71(78)56-59-81(97(85)99)73-52-48-67(49-53-73)68-50-54-75(55-51-68)101-84-41-19-23-43-91(84)106-104(107-101)110-96-64-95-88(83-40-21-25-45-93(83)109(95)77-35-12-5-13-36-77)63-89(96)98-80(69-28-8-3-9-29-69)58-57-72-33-15-18-38-79(72)100(98)103(110)112/h2-45,48-55,61-64,80-81,86H,46-47,56-60H2,1H3. The van der Waals surface area contributed by atoms with Gasteiger partial charge in [0.1, 0.15) is 5.84 Å². The van der Waals surface area contributed by atoms with Crippen molar-refractivity contribution in [3.8, 4) is 45.1 Å². The van der Waals surface area contributed by atoms with Crippen LogP contribution in [0.5, 0.6) is 0 Å². The fourth-order valence-corrected chi connectivity index (χ4v) is 19.0. The number of benzene rings is 14. The number of hydrogen-bond donors (Lipinski definition) is 0. The molecule has 0 amide bonds. The fourth-order valence-electron chi connectivity index (χ4n) is 19.0. The highest BCUT2D eigenvalue weighted by molar-refractivity contribution is 6.32. The molecular formula is C104H76N6O2. The number of aromatic nitrogens is 5. The Bertz CT molecular complexity index is 6950. The van der Waals surface area contributed by atoms with Gasteiger partial charge in [-0.3, -0.25) is 14.2 Å². The van der Waals surface area contributed by atoms with E-state index in [4.69, 9.17) is 15.0 Å². The Morgan fingerprint density at radius 2 is 0.955 bits per heavy atom. The van der Waals surface area contributed by atoms with E-state index in [0.717, 1.165) is 199 Å². The van der Waals surface area contributed by atoms with Crippen molar-refractivity contribution < 1.29 is 4.79 Å². The first-order valence-electron chi connectivity index (χ1n) is 39.3. The molecule has 0 bridgehead atoms. The summed E-state index contributed by atoms with van der Waals surface area (Å²) in [6, 6.07) is 121. The molecule has 0 spiro atoms. The van der Waals surface area contributed by atoms with Gasteiger partial charge in [0.2, 0.25) is 5.95 Å². The molecule has 4 aromatic heterocycles. The Balaban J connectivity index is 0.691. The number of allylic oxidation sites excluding steroid dienone is 2. The summed E-state index contributed by atoms with van der Waals surface area (Å²) in [6.45, 7) is 2.14. The van der Waals surface area contributed by atoms with E-state index < -0.39 is 5.92 Å². The maximum absolute atomic E-state index is 16.6. The number of ketones is 1. The Labute approximate surface area is 649 Å². The molecule has 14 aromatic carbocycles. The number of aliphatic imine (C=N–C) groups is 1.